The molecule has 3 rings (SSSR count). The third-order valence-corrected chi connectivity index (χ3v) is 3.64. The summed E-state index contributed by atoms with van der Waals surface area (Å²) in [6.07, 6.45) is 1.27. The second-order valence-electron chi connectivity index (χ2n) is 5.25. The molecule has 1 aromatic carbocycles. The van der Waals surface area contributed by atoms with Gasteiger partial charge in [-0.3, -0.25) is 9.59 Å². The number of anilines is 1. The average Bonchev–Trinajstić information content (AvgIpc) is 2.41. The molecule has 0 spiro atoms. The predicted molar refractivity (Wildman–Crippen MR) is 71.6 cm³/mol. The third-order valence-electron chi connectivity index (χ3n) is 3.64. The van der Waals surface area contributed by atoms with Crippen molar-refractivity contribution in [3.8, 4) is 5.75 Å². The maximum Gasteiger partial charge on any atom is 0.262 e. The van der Waals surface area contributed by atoms with Gasteiger partial charge in [-0.1, -0.05) is 0 Å². The van der Waals surface area contributed by atoms with Gasteiger partial charge in [0.05, 0.1) is 11.8 Å². The van der Waals surface area contributed by atoms with E-state index in [9.17, 15) is 14.7 Å². The fourth-order valence-electron chi connectivity index (χ4n) is 2.43. The summed E-state index contributed by atoms with van der Waals surface area (Å²) in [6, 6.07) is 4.95. The maximum absolute atomic E-state index is 12.0. The summed E-state index contributed by atoms with van der Waals surface area (Å²) in [5.74, 6) is 0.519. The molecule has 1 aliphatic carbocycles. The fourth-order valence-corrected chi connectivity index (χ4v) is 2.43. The lowest BCUT2D eigenvalue weighted by atomic mass is 9.82. The Bertz CT molecular complexity index is 552. The van der Waals surface area contributed by atoms with Gasteiger partial charge in [0.2, 0.25) is 0 Å². The molecule has 3 N–H and O–H groups in total. The summed E-state index contributed by atoms with van der Waals surface area (Å²) in [5.41, 5.74) is 1.00. The second-order valence-corrected chi connectivity index (χ2v) is 5.25. The summed E-state index contributed by atoms with van der Waals surface area (Å²) in [6.45, 7) is 0.568. The SMILES string of the molecule is O=C1COc2ccc(C(=O)NCC3CC(O)C3)cc2N1. The number of amides is 2. The van der Waals surface area contributed by atoms with Crippen LogP contribution < -0.4 is 15.4 Å². The minimum Gasteiger partial charge on any atom is -0.482 e. The molecule has 106 valence electrons. The molecule has 1 saturated carbocycles. The molecule has 0 atom stereocenters. The van der Waals surface area contributed by atoms with E-state index in [-0.39, 0.29) is 24.5 Å². The molecular weight excluding hydrogens is 260 g/mol. The van der Waals surface area contributed by atoms with E-state index in [1.165, 1.54) is 0 Å². The molecule has 1 fully saturated rings. The quantitative estimate of drug-likeness (QED) is 0.751. The summed E-state index contributed by atoms with van der Waals surface area (Å²) >= 11 is 0. The van der Waals surface area contributed by atoms with Crippen LogP contribution in [0.1, 0.15) is 23.2 Å². The first-order chi connectivity index (χ1) is 9.61. The zero-order chi connectivity index (χ0) is 14.1. The van der Waals surface area contributed by atoms with Gasteiger partial charge >= 0.3 is 0 Å². The van der Waals surface area contributed by atoms with E-state index in [1.54, 1.807) is 18.2 Å². The molecular formula is C14H16N2O4. The molecule has 0 radical (unpaired) electrons. The largest absolute Gasteiger partial charge is 0.482 e. The topological polar surface area (TPSA) is 87.7 Å². The molecule has 6 nitrogen and oxygen atoms in total. The van der Waals surface area contributed by atoms with Gasteiger partial charge in [0.25, 0.3) is 11.8 Å². The highest BCUT2D eigenvalue weighted by atomic mass is 16.5. The third kappa shape index (κ3) is 2.60. The van der Waals surface area contributed by atoms with Crippen LogP contribution in [0.4, 0.5) is 5.69 Å². The van der Waals surface area contributed by atoms with Gasteiger partial charge in [-0.05, 0) is 37.0 Å². The zero-order valence-electron chi connectivity index (χ0n) is 10.9. The van der Waals surface area contributed by atoms with Crippen molar-refractivity contribution in [1.29, 1.82) is 0 Å². The normalized spacial score (nSPS) is 23.9. The summed E-state index contributed by atoms with van der Waals surface area (Å²) in [4.78, 5) is 23.2. The van der Waals surface area contributed by atoms with Crippen LogP contribution in [0, 0.1) is 5.92 Å². The lowest BCUT2D eigenvalue weighted by molar-refractivity contribution is -0.118. The van der Waals surface area contributed by atoms with Crippen molar-refractivity contribution in [2.75, 3.05) is 18.5 Å². The van der Waals surface area contributed by atoms with Crippen molar-refractivity contribution < 1.29 is 19.4 Å². The first-order valence-electron chi connectivity index (χ1n) is 6.65. The number of benzene rings is 1. The average molecular weight is 276 g/mol. The number of hydrogen-bond donors (Lipinski definition) is 3. The number of aliphatic hydroxyl groups is 1. The highest BCUT2D eigenvalue weighted by Gasteiger charge is 2.27. The smallest absolute Gasteiger partial charge is 0.262 e. The standard InChI is InChI=1S/C14H16N2O4/c17-10-3-8(4-10)6-15-14(19)9-1-2-12-11(5-9)16-13(18)7-20-12/h1-2,5,8,10,17H,3-4,6-7H2,(H,15,19)(H,16,18). The van der Waals surface area contributed by atoms with Gasteiger partial charge in [0, 0.05) is 12.1 Å². The summed E-state index contributed by atoms with van der Waals surface area (Å²) < 4.78 is 5.24. The number of fused-ring (bicyclic) bond motifs is 1. The van der Waals surface area contributed by atoms with Crippen LogP contribution in [0.15, 0.2) is 18.2 Å². The van der Waals surface area contributed by atoms with Crippen molar-refractivity contribution in [2.45, 2.75) is 18.9 Å². The fraction of sp³-hybridized carbons (Fsp3) is 0.429. The Kier molecular flexibility index (Phi) is 3.31. The Balaban J connectivity index is 1.63. The molecule has 2 aliphatic rings. The van der Waals surface area contributed by atoms with Crippen molar-refractivity contribution in [3.63, 3.8) is 0 Å². The van der Waals surface area contributed by atoms with Gasteiger partial charge in [-0.15, -0.1) is 0 Å². The second kappa shape index (κ2) is 5.13. The van der Waals surface area contributed by atoms with Gasteiger partial charge in [-0.25, -0.2) is 0 Å². The molecule has 1 aliphatic heterocycles. The molecule has 0 saturated heterocycles. The van der Waals surface area contributed by atoms with E-state index in [1.807, 2.05) is 0 Å². The van der Waals surface area contributed by atoms with Crippen molar-refractivity contribution >= 4 is 17.5 Å². The highest BCUT2D eigenvalue weighted by molar-refractivity contribution is 5.99. The predicted octanol–water partition coefficient (Wildman–Crippen LogP) is 0.518. The first kappa shape index (κ1) is 12.9. The number of ether oxygens (including phenoxy) is 1. The molecule has 6 heteroatoms. The number of nitrogens with one attached hydrogen (secondary N) is 2. The lowest BCUT2D eigenvalue weighted by Crippen LogP contribution is -2.38. The van der Waals surface area contributed by atoms with Crippen LogP contribution in [0.5, 0.6) is 5.75 Å². The first-order valence-corrected chi connectivity index (χ1v) is 6.65. The molecule has 0 unspecified atom stereocenters. The van der Waals surface area contributed by atoms with E-state index in [0.29, 0.717) is 29.5 Å². The Labute approximate surface area is 116 Å². The zero-order valence-corrected chi connectivity index (χ0v) is 10.9. The number of rotatable bonds is 3. The molecule has 0 aromatic heterocycles. The summed E-state index contributed by atoms with van der Waals surface area (Å²) in [7, 11) is 0. The maximum atomic E-state index is 12.0. The van der Waals surface area contributed by atoms with E-state index in [2.05, 4.69) is 10.6 Å². The molecule has 20 heavy (non-hydrogen) atoms. The van der Waals surface area contributed by atoms with E-state index in [0.717, 1.165) is 12.8 Å². The van der Waals surface area contributed by atoms with Crippen LogP contribution in [-0.2, 0) is 4.79 Å². The van der Waals surface area contributed by atoms with Crippen molar-refractivity contribution in [1.82, 2.24) is 5.32 Å². The Morgan fingerprint density at radius 3 is 3.00 bits per heavy atom. The van der Waals surface area contributed by atoms with Gasteiger partial charge < -0.3 is 20.5 Å². The van der Waals surface area contributed by atoms with Gasteiger partial charge in [0.1, 0.15) is 5.75 Å². The number of carbonyl (C=O) groups is 2. The van der Waals surface area contributed by atoms with E-state index >= 15 is 0 Å². The van der Waals surface area contributed by atoms with Gasteiger partial charge in [-0.2, -0.15) is 0 Å². The van der Waals surface area contributed by atoms with Gasteiger partial charge in [0.15, 0.2) is 6.61 Å². The van der Waals surface area contributed by atoms with E-state index < -0.39 is 0 Å². The number of hydrogen-bond acceptors (Lipinski definition) is 4. The minimum atomic E-state index is -0.224. The van der Waals surface area contributed by atoms with Crippen LogP contribution in [-0.4, -0.2) is 36.2 Å². The Hall–Kier alpha value is -2.08. The highest BCUT2D eigenvalue weighted by Crippen LogP contribution is 2.29. The minimum absolute atomic E-state index is 0.00253. The molecule has 0 bridgehead atoms. The van der Waals surface area contributed by atoms with Crippen LogP contribution >= 0.6 is 0 Å². The van der Waals surface area contributed by atoms with Crippen LogP contribution in [0.2, 0.25) is 0 Å². The summed E-state index contributed by atoms with van der Waals surface area (Å²) in [5, 5.41) is 14.7. The van der Waals surface area contributed by atoms with Crippen LogP contribution in [0.25, 0.3) is 0 Å². The molecule has 1 heterocycles. The Morgan fingerprint density at radius 1 is 1.45 bits per heavy atom. The lowest BCUT2D eigenvalue weighted by Gasteiger charge is -2.31. The number of carbonyl (C=O) groups excluding carboxylic acids is 2. The Morgan fingerprint density at radius 2 is 2.25 bits per heavy atom. The van der Waals surface area contributed by atoms with Crippen LogP contribution in [0.3, 0.4) is 0 Å². The molecule has 2 amide bonds. The number of aliphatic hydroxyl groups excluding tert-OH is 1. The van der Waals surface area contributed by atoms with Crippen molar-refractivity contribution in [2.24, 2.45) is 5.92 Å². The molecule has 1 aromatic rings. The van der Waals surface area contributed by atoms with E-state index in [4.69, 9.17) is 4.74 Å². The van der Waals surface area contributed by atoms with Crippen molar-refractivity contribution in [3.05, 3.63) is 23.8 Å². The monoisotopic (exact) mass is 276 g/mol.